The van der Waals surface area contributed by atoms with Gasteiger partial charge in [0.1, 0.15) is 6.04 Å². The van der Waals surface area contributed by atoms with Gasteiger partial charge in [0.25, 0.3) is 0 Å². The third kappa shape index (κ3) is 4.79. The summed E-state index contributed by atoms with van der Waals surface area (Å²) in [5, 5.41) is 10.6. The van der Waals surface area contributed by atoms with Crippen molar-refractivity contribution >= 4 is 23.3 Å². The number of aromatic nitrogens is 3. The van der Waals surface area contributed by atoms with Gasteiger partial charge in [-0.1, -0.05) is 50.5 Å². The second-order valence-corrected chi connectivity index (χ2v) is 7.69. The van der Waals surface area contributed by atoms with Gasteiger partial charge in [-0.3, -0.25) is 4.98 Å². The molecule has 2 amide bonds. The van der Waals surface area contributed by atoms with E-state index in [0.717, 1.165) is 28.8 Å². The van der Waals surface area contributed by atoms with Crippen LogP contribution in [0.3, 0.4) is 0 Å². The topological polar surface area (TPSA) is 92.9 Å². The molecule has 0 radical (unpaired) electrons. The summed E-state index contributed by atoms with van der Waals surface area (Å²) in [6, 6.07) is 6.67. The van der Waals surface area contributed by atoms with Crippen molar-refractivity contribution in [3.63, 3.8) is 0 Å². The highest BCUT2D eigenvalue weighted by Crippen LogP contribution is 2.30. The highest BCUT2D eigenvalue weighted by molar-refractivity contribution is 6.32. The van der Waals surface area contributed by atoms with Crippen molar-refractivity contribution in [2.24, 2.45) is 5.92 Å². The maximum atomic E-state index is 12.9. The molecule has 3 rings (SSSR count). The van der Waals surface area contributed by atoms with Crippen molar-refractivity contribution in [3.8, 4) is 11.4 Å². The molecule has 1 atom stereocenters. The van der Waals surface area contributed by atoms with Gasteiger partial charge in [-0.2, -0.15) is 4.98 Å². The van der Waals surface area contributed by atoms with Gasteiger partial charge in [-0.25, -0.2) is 4.79 Å². The predicted molar refractivity (Wildman–Crippen MR) is 117 cm³/mol. The lowest BCUT2D eigenvalue weighted by atomic mass is 10.0. The van der Waals surface area contributed by atoms with E-state index >= 15 is 0 Å². The first-order chi connectivity index (χ1) is 14.4. The lowest BCUT2D eigenvalue weighted by Crippen LogP contribution is -2.35. The van der Waals surface area contributed by atoms with Crippen LogP contribution in [0.1, 0.15) is 50.8 Å². The number of amides is 2. The second kappa shape index (κ2) is 9.71. The number of urea groups is 1. The number of nitrogens with zero attached hydrogens (tertiary/aromatic N) is 3. The number of pyridine rings is 1. The molecule has 0 aliphatic carbocycles. The number of halogens is 1. The normalized spacial score (nSPS) is 12.1. The highest BCUT2D eigenvalue weighted by Gasteiger charge is 2.25. The van der Waals surface area contributed by atoms with E-state index in [-0.39, 0.29) is 11.9 Å². The van der Waals surface area contributed by atoms with Crippen LogP contribution >= 0.6 is 11.6 Å². The molecule has 2 aromatic heterocycles. The SMILES string of the molecule is CCc1ccc(Cl)c(CC)c1NC(=O)NC(c1nc(-c2cccnc2)no1)C(C)C. The van der Waals surface area contributed by atoms with Gasteiger partial charge in [-0.05, 0) is 48.1 Å². The number of rotatable bonds is 7. The summed E-state index contributed by atoms with van der Waals surface area (Å²) < 4.78 is 5.45. The van der Waals surface area contributed by atoms with Crippen LogP contribution in [0.5, 0.6) is 0 Å². The van der Waals surface area contributed by atoms with Crippen molar-refractivity contribution in [2.75, 3.05) is 5.32 Å². The van der Waals surface area contributed by atoms with E-state index in [2.05, 4.69) is 25.8 Å². The molecule has 0 spiro atoms. The van der Waals surface area contributed by atoms with Crippen LogP contribution in [0.4, 0.5) is 10.5 Å². The van der Waals surface area contributed by atoms with Crippen molar-refractivity contribution in [1.82, 2.24) is 20.4 Å². The van der Waals surface area contributed by atoms with Gasteiger partial charge in [0, 0.05) is 23.0 Å². The number of benzene rings is 1. The average Bonchev–Trinajstić information content (AvgIpc) is 3.23. The van der Waals surface area contributed by atoms with Crippen LogP contribution in [-0.2, 0) is 12.8 Å². The van der Waals surface area contributed by atoms with Crippen molar-refractivity contribution in [3.05, 3.63) is 58.7 Å². The van der Waals surface area contributed by atoms with Gasteiger partial charge < -0.3 is 15.2 Å². The molecule has 1 unspecified atom stereocenters. The fourth-order valence-electron chi connectivity index (χ4n) is 3.25. The molecule has 2 heterocycles. The molecule has 0 saturated heterocycles. The first-order valence-electron chi connectivity index (χ1n) is 10.1. The van der Waals surface area contributed by atoms with E-state index in [0.29, 0.717) is 23.2 Å². The number of aryl methyl sites for hydroxylation is 1. The summed E-state index contributed by atoms with van der Waals surface area (Å²) in [5.41, 5.74) is 3.46. The van der Waals surface area contributed by atoms with Crippen LogP contribution in [0, 0.1) is 5.92 Å². The van der Waals surface area contributed by atoms with E-state index in [1.165, 1.54) is 0 Å². The smallest absolute Gasteiger partial charge is 0.319 e. The molecule has 1 aromatic carbocycles. The van der Waals surface area contributed by atoms with Crippen LogP contribution in [-0.4, -0.2) is 21.2 Å². The van der Waals surface area contributed by atoms with Gasteiger partial charge in [0.05, 0.1) is 5.69 Å². The third-order valence-electron chi connectivity index (χ3n) is 4.90. The molecular weight excluding hydrogens is 402 g/mol. The van der Waals surface area contributed by atoms with Crippen molar-refractivity contribution < 1.29 is 9.32 Å². The maximum Gasteiger partial charge on any atom is 0.319 e. The summed E-state index contributed by atoms with van der Waals surface area (Å²) >= 11 is 6.34. The standard InChI is InChI=1S/C22H26ClN5O2/c1-5-14-9-10-17(23)16(6-2)19(14)26-22(29)25-18(13(3)4)21-27-20(28-30-21)15-8-7-11-24-12-15/h7-13,18H,5-6H2,1-4H3,(H2,25,26,29). The molecule has 0 aliphatic heterocycles. The maximum absolute atomic E-state index is 12.9. The van der Waals surface area contributed by atoms with Gasteiger partial charge in [0.2, 0.25) is 11.7 Å². The summed E-state index contributed by atoms with van der Waals surface area (Å²) in [4.78, 5) is 21.4. The van der Waals surface area contributed by atoms with Crippen LogP contribution in [0.2, 0.25) is 5.02 Å². The molecule has 30 heavy (non-hydrogen) atoms. The molecule has 0 aliphatic rings. The molecule has 0 saturated carbocycles. The lowest BCUT2D eigenvalue weighted by molar-refractivity contribution is 0.236. The van der Waals surface area contributed by atoms with Crippen LogP contribution < -0.4 is 10.6 Å². The Morgan fingerprint density at radius 1 is 1.20 bits per heavy atom. The Balaban J connectivity index is 1.81. The number of hydrogen-bond donors (Lipinski definition) is 2. The average molecular weight is 428 g/mol. The molecule has 8 heteroatoms. The zero-order chi connectivity index (χ0) is 21.7. The Morgan fingerprint density at radius 3 is 2.63 bits per heavy atom. The van der Waals surface area contributed by atoms with Crippen molar-refractivity contribution in [2.45, 2.75) is 46.6 Å². The number of carbonyl (C=O) groups excluding carboxylic acids is 1. The first kappa shape index (κ1) is 21.8. The molecule has 7 nitrogen and oxygen atoms in total. The van der Waals surface area contributed by atoms with E-state index in [9.17, 15) is 4.79 Å². The number of anilines is 1. The molecule has 0 bridgehead atoms. The third-order valence-corrected chi connectivity index (χ3v) is 5.25. The van der Waals surface area contributed by atoms with Crippen LogP contribution in [0.15, 0.2) is 41.2 Å². The summed E-state index contributed by atoms with van der Waals surface area (Å²) in [6.07, 6.45) is 4.84. The van der Waals surface area contributed by atoms with Gasteiger partial charge in [0.15, 0.2) is 0 Å². The molecular formula is C22H26ClN5O2. The van der Waals surface area contributed by atoms with Gasteiger partial charge >= 0.3 is 6.03 Å². The minimum Gasteiger partial charge on any atom is -0.337 e. The van der Waals surface area contributed by atoms with Crippen molar-refractivity contribution in [1.29, 1.82) is 0 Å². The number of nitrogens with one attached hydrogen (secondary N) is 2. The van der Waals surface area contributed by atoms with E-state index < -0.39 is 6.04 Å². The fraction of sp³-hybridized carbons (Fsp3) is 0.364. The lowest BCUT2D eigenvalue weighted by Gasteiger charge is -2.21. The van der Waals surface area contributed by atoms with E-state index in [1.54, 1.807) is 18.5 Å². The Hall–Kier alpha value is -2.93. The fourth-order valence-corrected chi connectivity index (χ4v) is 3.54. The molecule has 158 valence electrons. The Kier molecular flexibility index (Phi) is 7.05. The molecule has 2 N–H and O–H groups in total. The number of hydrogen-bond acceptors (Lipinski definition) is 5. The van der Waals surface area contributed by atoms with E-state index in [4.69, 9.17) is 16.1 Å². The minimum absolute atomic E-state index is 0.0357. The Morgan fingerprint density at radius 2 is 2.00 bits per heavy atom. The molecule has 0 fully saturated rings. The highest BCUT2D eigenvalue weighted by atomic mass is 35.5. The molecule has 3 aromatic rings. The van der Waals surface area contributed by atoms with E-state index in [1.807, 2.05) is 45.9 Å². The Bertz CT molecular complexity index is 1000. The zero-order valence-electron chi connectivity index (χ0n) is 17.6. The largest absolute Gasteiger partial charge is 0.337 e. The van der Waals surface area contributed by atoms with Crippen LogP contribution in [0.25, 0.3) is 11.4 Å². The monoisotopic (exact) mass is 427 g/mol. The summed E-state index contributed by atoms with van der Waals surface area (Å²) in [6.45, 7) is 8.01. The summed E-state index contributed by atoms with van der Waals surface area (Å²) in [5.74, 6) is 0.812. The second-order valence-electron chi connectivity index (χ2n) is 7.29. The quantitative estimate of drug-likeness (QED) is 0.524. The minimum atomic E-state index is -0.447. The number of carbonyl (C=O) groups is 1. The van der Waals surface area contributed by atoms with Gasteiger partial charge in [-0.15, -0.1) is 0 Å². The zero-order valence-corrected chi connectivity index (χ0v) is 18.3. The predicted octanol–water partition coefficient (Wildman–Crippen LogP) is 5.43. The summed E-state index contributed by atoms with van der Waals surface area (Å²) in [7, 11) is 0. The Labute approximate surface area is 181 Å². The first-order valence-corrected chi connectivity index (χ1v) is 10.4.